The third-order valence-corrected chi connectivity index (χ3v) is 4.54. The first-order valence-electron chi connectivity index (χ1n) is 7.42. The topological polar surface area (TPSA) is 134 Å². The van der Waals surface area contributed by atoms with E-state index in [2.05, 4.69) is 10.6 Å². The maximum absolute atomic E-state index is 12.1. The third kappa shape index (κ3) is 3.04. The van der Waals surface area contributed by atoms with Crippen LogP contribution in [0.25, 0.3) is 0 Å². The van der Waals surface area contributed by atoms with Gasteiger partial charge in [-0.1, -0.05) is 20.8 Å². The highest BCUT2D eigenvalue weighted by Crippen LogP contribution is 2.34. The highest BCUT2D eigenvalue weighted by Gasteiger charge is 2.58. The van der Waals surface area contributed by atoms with Crippen LogP contribution in [-0.2, 0) is 14.3 Å². The molecule has 2 saturated heterocycles. The standard InChI is InChI=1S/C14H24N4O5/c1-13(2,3)8(15)9(19)18-6-14(5-7(18)10(20)23-4)11(21)16-12(22)17-14/h7-9,19H,5-6,15H2,1-4H3,(H2,16,17,21,22). The number of nitrogens with two attached hydrogens (primary N) is 1. The van der Waals surface area contributed by atoms with Crippen LogP contribution in [0, 0.1) is 5.41 Å². The molecule has 0 aromatic rings. The molecular weight excluding hydrogens is 304 g/mol. The molecule has 2 heterocycles. The van der Waals surface area contributed by atoms with Crippen LogP contribution in [0.15, 0.2) is 0 Å². The monoisotopic (exact) mass is 328 g/mol. The maximum Gasteiger partial charge on any atom is 0.323 e. The number of carbonyl (C=O) groups excluding carboxylic acids is 3. The predicted molar refractivity (Wildman–Crippen MR) is 80.0 cm³/mol. The number of hydrogen-bond acceptors (Lipinski definition) is 7. The molecule has 1 spiro atoms. The second-order valence-corrected chi connectivity index (χ2v) is 7.21. The number of ether oxygens (including phenoxy) is 1. The molecule has 2 aliphatic rings. The van der Waals surface area contributed by atoms with Crippen molar-refractivity contribution in [3.05, 3.63) is 0 Å². The van der Waals surface area contributed by atoms with Crippen molar-refractivity contribution in [3.63, 3.8) is 0 Å². The van der Waals surface area contributed by atoms with Crippen LogP contribution in [0.4, 0.5) is 4.79 Å². The van der Waals surface area contributed by atoms with Gasteiger partial charge in [0.05, 0.1) is 7.11 Å². The van der Waals surface area contributed by atoms with Gasteiger partial charge in [0.15, 0.2) is 0 Å². The average molecular weight is 328 g/mol. The summed E-state index contributed by atoms with van der Waals surface area (Å²) in [5.74, 6) is -1.11. The first kappa shape index (κ1) is 17.6. The molecule has 130 valence electrons. The molecule has 0 aromatic heterocycles. The number of amides is 3. The van der Waals surface area contributed by atoms with Gasteiger partial charge in [-0.15, -0.1) is 0 Å². The fraction of sp³-hybridized carbons (Fsp3) is 0.786. The van der Waals surface area contributed by atoms with Crippen LogP contribution in [0.3, 0.4) is 0 Å². The minimum Gasteiger partial charge on any atom is -0.468 e. The van der Waals surface area contributed by atoms with Crippen LogP contribution in [0.2, 0.25) is 0 Å². The Kier molecular flexibility index (Phi) is 4.40. The number of rotatable bonds is 3. The molecule has 0 aromatic carbocycles. The maximum atomic E-state index is 12.1. The van der Waals surface area contributed by atoms with E-state index in [-0.39, 0.29) is 13.0 Å². The summed E-state index contributed by atoms with van der Waals surface area (Å²) in [6.45, 7) is 5.58. The number of carbonyl (C=O) groups is 3. The van der Waals surface area contributed by atoms with Crippen LogP contribution in [-0.4, -0.2) is 65.4 Å². The second kappa shape index (κ2) is 5.73. The van der Waals surface area contributed by atoms with E-state index >= 15 is 0 Å². The molecule has 2 fully saturated rings. The lowest BCUT2D eigenvalue weighted by molar-refractivity contribution is -0.151. The van der Waals surface area contributed by atoms with E-state index in [1.165, 1.54) is 12.0 Å². The van der Waals surface area contributed by atoms with Gasteiger partial charge < -0.3 is 20.9 Å². The van der Waals surface area contributed by atoms with Gasteiger partial charge in [0.25, 0.3) is 5.91 Å². The van der Waals surface area contributed by atoms with Crippen molar-refractivity contribution in [1.29, 1.82) is 0 Å². The number of urea groups is 1. The summed E-state index contributed by atoms with van der Waals surface area (Å²) < 4.78 is 4.77. The summed E-state index contributed by atoms with van der Waals surface area (Å²) in [6.07, 6.45) is -1.14. The Morgan fingerprint density at radius 2 is 2.09 bits per heavy atom. The van der Waals surface area contributed by atoms with Crippen LogP contribution in [0.5, 0.6) is 0 Å². The van der Waals surface area contributed by atoms with E-state index in [0.717, 1.165) is 0 Å². The smallest absolute Gasteiger partial charge is 0.323 e. The fourth-order valence-electron chi connectivity index (χ4n) is 3.00. The zero-order chi connectivity index (χ0) is 17.6. The zero-order valence-corrected chi connectivity index (χ0v) is 13.8. The number of nitrogens with one attached hydrogen (secondary N) is 2. The SMILES string of the molecule is COC(=O)C1CC2(CN1C(O)C(N)C(C)(C)C)NC(=O)NC2=O. The quantitative estimate of drug-likeness (QED) is 0.366. The lowest BCUT2D eigenvalue weighted by atomic mass is 9.86. The highest BCUT2D eigenvalue weighted by molar-refractivity contribution is 6.07. The Morgan fingerprint density at radius 1 is 1.48 bits per heavy atom. The Labute approximate surface area is 134 Å². The first-order valence-corrected chi connectivity index (χ1v) is 7.42. The summed E-state index contributed by atoms with van der Waals surface area (Å²) in [6, 6.07) is -2.15. The van der Waals surface area contributed by atoms with Gasteiger partial charge in [0, 0.05) is 19.0 Å². The van der Waals surface area contributed by atoms with Crippen molar-refractivity contribution in [1.82, 2.24) is 15.5 Å². The number of aliphatic hydroxyl groups is 1. The van der Waals surface area contributed by atoms with Crippen LogP contribution < -0.4 is 16.4 Å². The molecule has 2 aliphatic heterocycles. The second-order valence-electron chi connectivity index (χ2n) is 7.21. The van der Waals surface area contributed by atoms with Crippen molar-refractivity contribution in [2.45, 2.75) is 51.0 Å². The number of methoxy groups -OCH3 is 1. The molecule has 9 heteroatoms. The number of aliphatic hydroxyl groups excluding tert-OH is 1. The molecule has 0 bridgehead atoms. The van der Waals surface area contributed by atoms with Gasteiger partial charge in [-0.05, 0) is 5.41 Å². The lowest BCUT2D eigenvalue weighted by Crippen LogP contribution is -2.57. The van der Waals surface area contributed by atoms with Crippen LogP contribution >= 0.6 is 0 Å². The Morgan fingerprint density at radius 3 is 2.52 bits per heavy atom. The molecule has 2 rings (SSSR count). The lowest BCUT2D eigenvalue weighted by Gasteiger charge is -2.37. The van der Waals surface area contributed by atoms with Gasteiger partial charge in [0.1, 0.15) is 17.8 Å². The van der Waals surface area contributed by atoms with E-state index < -0.39 is 47.2 Å². The van der Waals surface area contributed by atoms with E-state index in [9.17, 15) is 19.5 Å². The van der Waals surface area contributed by atoms with E-state index in [0.29, 0.717) is 0 Å². The van der Waals surface area contributed by atoms with Crippen molar-refractivity contribution in [2.24, 2.45) is 11.1 Å². The summed E-state index contributed by atoms with van der Waals surface area (Å²) in [4.78, 5) is 37.1. The van der Waals surface area contributed by atoms with Gasteiger partial charge in [-0.25, -0.2) is 4.79 Å². The minimum atomic E-state index is -1.26. The van der Waals surface area contributed by atoms with Gasteiger partial charge >= 0.3 is 12.0 Å². The van der Waals surface area contributed by atoms with Gasteiger partial charge in [-0.2, -0.15) is 0 Å². The van der Waals surface area contributed by atoms with Crippen LogP contribution in [0.1, 0.15) is 27.2 Å². The molecule has 9 nitrogen and oxygen atoms in total. The predicted octanol–water partition coefficient (Wildman–Crippen LogP) is -1.50. The molecule has 3 amide bonds. The van der Waals surface area contributed by atoms with Crippen molar-refractivity contribution >= 4 is 17.9 Å². The zero-order valence-electron chi connectivity index (χ0n) is 13.8. The minimum absolute atomic E-state index is 0.0186. The molecule has 0 radical (unpaired) electrons. The van der Waals surface area contributed by atoms with Gasteiger partial charge in [0.2, 0.25) is 0 Å². The molecule has 0 saturated carbocycles. The summed E-state index contributed by atoms with van der Waals surface area (Å²) in [5.41, 5.74) is 4.42. The first-order chi connectivity index (χ1) is 10.5. The Balaban J connectivity index is 2.31. The summed E-state index contributed by atoms with van der Waals surface area (Å²) in [7, 11) is 1.23. The normalized spacial score (nSPS) is 31.0. The Hall–Kier alpha value is -1.71. The number of esters is 1. The third-order valence-electron chi connectivity index (χ3n) is 4.54. The molecule has 4 unspecified atom stereocenters. The number of nitrogens with zero attached hydrogens (tertiary/aromatic N) is 1. The van der Waals surface area contributed by atoms with Crippen molar-refractivity contribution < 1.29 is 24.2 Å². The van der Waals surface area contributed by atoms with E-state index in [1.54, 1.807) is 0 Å². The Bertz CT molecular complexity index is 532. The summed E-state index contributed by atoms with van der Waals surface area (Å²) in [5, 5.41) is 15.3. The molecular formula is C14H24N4O5. The number of hydrogen-bond donors (Lipinski definition) is 4. The molecule has 5 N–H and O–H groups in total. The van der Waals surface area contributed by atoms with Crippen molar-refractivity contribution in [3.8, 4) is 0 Å². The van der Waals surface area contributed by atoms with E-state index in [1.807, 2.05) is 20.8 Å². The average Bonchev–Trinajstić information content (AvgIpc) is 2.96. The fourth-order valence-corrected chi connectivity index (χ4v) is 3.00. The van der Waals surface area contributed by atoms with Crippen molar-refractivity contribution in [2.75, 3.05) is 13.7 Å². The summed E-state index contributed by atoms with van der Waals surface area (Å²) >= 11 is 0. The molecule has 4 atom stereocenters. The van der Waals surface area contributed by atoms with Gasteiger partial charge in [-0.3, -0.25) is 19.8 Å². The largest absolute Gasteiger partial charge is 0.468 e. The number of likely N-dealkylation sites (tertiary alicyclic amines) is 1. The molecule has 0 aliphatic carbocycles. The molecule has 23 heavy (non-hydrogen) atoms. The van der Waals surface area contributed by atoms with E-state index in [4.69, 9.17) is 10.5 Å². The number of imide groups is 1. The highest BCUT2D eigenvalue weighted by atomic mass is 16.5.